The molecule has 0 saturated carbocycles. The number of nitrogens with zero attached hydrogens (tertiary/aromatic N) is 2. The zero-order valence-electron chi connectivity index (χ0n) is 20.9. The number of carbonyl (C=O) groups excluding carboxylic acids is 2. The molecule has 1 heterocycles. The first kappa shape index (κ1) is 36.1. The van der Waals surface area contributed by atoms with Crippen molar-refractivity contribution in [2.24, 2.45) is 11.8 Å². The molecule has 1 aromatic carbocycles. The zero-order chi connectivity index (χ0) is 27.3. The van der Waals surface area contributed by atoms with E-state index in [0.717, 1.165) is 11.3 Å². The van der Waals surface area contributed by atoms with E-state index in [1.807, 2.05) is 37.3 Å². The summed E-state index contributed by atoms with van der Waals surface area (Å²) in [7, 11) is 0. The number of benzene rings is 1. The number of piperidine rings is 1. The SMILES string of the molecule is C.C.C#CCNC(=O)C(C#N)CSC(CNc1cccc(CCN2CCC(C(F)(F)F)CC2)c1)C(=O)NCC.[HH].[HH]. The number of amides is 2. The third-order valence-corrected chi connectivity index (χ3v) is 7.44. The van der Waals surface area contributed by atoms with Crippen molar-refractivity contribution < 1.29 is 25.6 Å². The highest BCUT2D eigenvalue weighted by molar-refractivity contribution is 8.00. The van der Waals surface area contributed by atoms with Crippen molar-refractivity contribution in [2.75, 3.05) is 50.3 Å². The molecule has 2 amide bonds. The summed E-state index contributed by atoms with van der Waals surface area (Å²) in [5.74, 6) is -0.364. The van der Waals surface area contributed by atoms with Gasteiger partial charge >= 0.3 is 6.18 Å². The number of carbonyl (C=O) groups is 2. The van der Waals surface area contributed by atoms with Crippen LogP contribution in [0, 0.1) is 35.5 Å². The molecule has 0 aromatic heterocycles. The molecule has 0 bridgehead atoms. The van der Waals surface area contributed by atoms with E-state index in [4.69, 9.17) is 6.42 Å². The Hall–Kier alpha value is -2.89. The second-order valence-electron chi connectivity index (χ2n) is 8.81. The largest absolute Gasteiger partial charge is 0.391 e. The maximum atomic E-state index is 12.9. The Balaban J connectivity index is -0.00000361. The minimum Gasteiger partial charge on any atom is -0.383 e. The molecule has 2 atom stereocenters. The summed E-state index contributed by atoms with van der Waals surface area (Å²) in [5, 5.41) is 17.3. The van der Waals surface area contributed by atoms with Gasteiger partial charge in [-0.1, -0.05) is 32.9 Å². The Labute approximate surface area is 238 Å². The molecule has 7 nitrogen and oxygen atoms in total. The summed E-state index contributed by atoms with van der Waals surface area (Å²) in [5.41, 5.74) is 1.85. The number of alkyl halides is 3. The van der Waals surface area contributed by atoms with E-state index >= 15 is 0 Å². The monoisotopic (exact) mass is 573 g/mol. The molecule has 1 saturated heterocycles. The Morgan fingerprint density at radius 2 is 1.92 bits per heavy atom. The van der Waals surface area contributed by atoms with Crippen LogP contribution in [0.5, 0.6) is 0 Å². The fraction of sp³-hybridized carbons (Fsp3) is 0.607. The first-order valence-corrected chi connectivity index (χ1v) is 13.3. The molecule has 1 aliphatic rings. The third kappa shape index (κ3) is 12.7. The predicted molar refractivity (Wildman–Crippen MR) is 157 cm³/mol. The van der Waals surface area contributed by atoms with E-state index in [2.05, 4.69) is 26.8 Å². The quantitative estimate of drug-likeness (QED) is 0.293. The number of likely N-dealkylation sites (tertiary alicyclic amines) is 1. The minimum atomic E-state index is -4.11. The van der Waals surface area contributed by atoms with Crippen LogP contribution in [0.15, 0.2) is 24.3 Å². The van der Waals surface area contributed by atoms with E-state index in [-0.39, 0.29) is 55.3 Å². The van der Waals surface area contributed by atoms with Gasteiger partial charge in [-0.25, -0.2) is 0 Å². The maximum absolute atomic E-state index is 12.9. The van der Waals surface area contributed by atoms with E-state index in [1.165, 1.54) is 11.8 Å². The maximum Gasteiger partial charge on any atom is 0.391 e. The highest BCUT2D eigenvalue weighted by atomic mass is 32.2. The van der Waals surface area contributed by atoms with Gasteiger partial charge < -0.3 is 20.9 Å². The predicted octanol–water partition coefficient (Wildman–Crippen LogP) is 4.81. The van der Waals surface area contributed by atoms with Crippen molar-refractivity contribution in [3.8, 4) is 18.4 Å². The molecular formula is C28H46F3N5O2S. The second-order valence-corrected chi connectivity index (χ2v) is 10.0. The number of thioether (sulfide) groups is 1. The fourth-order valence-electron chi connectivity index (χ4n) is 3.98. The summed E-state index contributed by atoms with van der Waals surface area (Å²) in [6.45, 7) is 4.16. The molecule has 2 rings (SSSR count). The lowest BCUT2D eigenvalue weighted by atomic mass is 9.96. The van der Waals surface area contributed by atoms with Crippen LogP contribution < -0.4 is 16.0 Å². The molecule has 1 aliphatic heterocycles. The number of halogens is 3. The van der Waals surface area contributed by atoms with Gasteiger partial charge in [0, 0.05) is 33.9 Å². The van der Waals surface area contributed by atoms with Crippen LogP contribution in [0.4, 0.5) is 18.9 Å². The molecule has 0 aliphatic carbocycles. The molecular weight excluding hydrogens is 527 g/mol. The van der Waals surface area contributed by atoms with Gasteiger partial charge in [-0.3, -0.25) is 9.59 Å². The van der Waals surface area contributed by atoms with Crippen molar-refractivity contribution in [2.45, 2.75) is 52.5 Å². The smallest absolute Gasteiger partial charge is 0.383 e. The topological polar surface area (TPSA) is 97.3 Å². The normalized spacial score (nSPS) is 15.3. The average molecular weight is 574 g/mol. The Bertz CT molecular complexity index is 981. The van der Waals surface area contributed by atoms with Gasteiger partial charge in [0.15, 0.2) is 0 Å². The standard InChI is InChI=1S/C26H34F3N5O2S.2CH4.2H2/c1-3-11-32-24(35)20(16-30)18-37-23(25(36)31-4-2)17-33-22-7-5-6-19(15-22)8-12-34-13-9-21(10-14-34)26(27,28)29;;;;/h1,5-7,15,20-21,23,33H,4,8-14,17-18H2,2H3,(H,31,36)(H,32,35);2*1H4;2*1H. The van der Waals surface area contributed by atoms with Gasteiger partial charge in [0.2, 0.25) is 11.8 Å². The summed E-state index contributed by atoms with van der Waals surface area (Å²) in [6.07, 6.45) is 2.02. The molecule has 39 heavy (non-hydrogen) atoms. The van der Waals surface area contributed by atoms with Crippen LogP contribution in [0.25, 0.3) is 0 Å². The highest BCUT2D eigenvalue weighted by Crippen LogP contribution is 2.34. The first-order chi connectivity index (χ1) is 17.7. The third-order valence-electron chi connectivity index (χ3n) is 6.13. The molecule has 1 fully saturated rings. The molecule has 3 N–H and O–H groups in total. The molecule has 1 aromatic rings. The van der Waals surface area contributed by atoms with Crippen LogP contribution in [-0.4, -0.2) is 73.2 Å². The van der Waals surface area contributed by atoms with Crippen LogP contribution in [0.1, 0.15) is 43.0 Å². The van der Waals surface area contributed by atoms with Crippen LogP contribution in [0.2, 0.25) is 0 Å². The summed E-state index contributed by atoms with van der Waals surface area (Å²) in [6, 6.07) is 9.66. The summed E-state index contributed by atoms with van der Waals surface area (Å²) >= 11 is 1.22. The average Bonchev–Trinajstić information content (AvgIpc) is 2.88. The number of rotatable bonds is 13. The van der Waals surface area contributed by atoms with Gasteiger partial charge in [-0.15, -0.1) is 18.2 Å². The van der Waals surface area contributed by atoms with Crippen molar-refractivity contribution in [1.82, 2.24) is 15.5 Å². The van der Waals surface area contributed by atoms with Gasteiger partial charge in [0.05, 0.1) is 18.5 Å². The Kier molecular flexibility index (Phi) is 17.0. The number of nitriles is 1. The van der Waals surface area contributed by atoms with E-state index in [1.54, 1.807) is 0 Å². The van der Waals surface area contributed by atoms with Crippen molar-refractivity contribution >= 4 is 29.3 Å². The molecule has 0 spiro atoms. The first-order valence-electron chi connectivity index (χ1n) is 12.3. The number of anilines is 1. The molecule has 222 valence electrons. The van der Waals surface area contributed by atoms with Gasteiger partial charge in [0.1, 0.15) is 11.2 Å². The lowest BCUT2D eigenvalue weighted by molar-refractivity contribution is -0.185. The zero-order valence-corrected chi connectivity index (χ0v) is 21.8. The highest BCUT2D eigenvalue weighted by Gasteiger charge is 2.40. The van der Waals surface area contributed by atoms with Gasteiger partial charge in [0.25, 0.3) is 0 Å². The Morgan fingerprint density at radius 1 is 1.23 bits per heavy atom. The van der Waals surface area contributed by atoms with E-state index in [9.17, 15) is 28.0 Å². The van der Waals surface area contributed by atoms with Crippen LogP contribution in [0.3, 0.4) is 0 Å². The fourth-order valence-corrected chi connectivity index (χ4v) is 5.07. The van der Waals surface area contributed by atoms with Crippen LogP contribution >= 0.6 is 11.8 Å². The Morgan fingerprint density at radius 3 is 2.51 bits per heavy atom. The lowest BCUT2D eigenvalue weighted by Crippen LogP contribution is -2.39. The number of hydrogen-bond donors (Lipinski definition) is 3. The van der Waals surface area contributed by atoms with E-state index < -0.39 is 29.2 Å². The summed E-state index contributed by atoms with van der Waals surface area (Å²) in [4.78, 5) is 26.7. The summed E-state index contributed by atoms with van der Waals surface area (Å²) < 4.78 is 38.6. The van der Waals surface area contributed by atoms with Crippen LogP contribution in [-0.2, 0) is 16.0 Å². The van der Waals surface area contributed by atoms with Gasteiger partial charge in [-0.2, -0.15) is 18.4 Å². The number of terminal acetylenes is 1. The lowest BCUT2D eigenvalue weighted by Gasteiger charge is -2.32. The number of hydrogen-bond acceptors (Lipinski definition) is 6. The second kappa shape index (κ2) is 18.4. The van der Waals surface area contributed by atoms with Crippen molar-refractivity contribution in [3.63, 3.8) is 0 Å². The minimum absolute atomic E-state index is 0. The molecule has 2 unspecified atom stereocenters. The molecule has 0 radical (unpaired) electrons. The molecule has 11 heteroatoms. The van der Waals surface area contributed by atoms with Gasteiger partial charge in [-0.05, 0) is 57.0 Å². The van der Waals surface area contributed by atoms with Crippen molar-refractivity contribution in [1.29, 1.82) is 5.26 Å². The van der Waals surface area contributed by atoms with Crippen molar-refractivity contribution in [3.05, 3.63) is 29.8 Å². The number of nitrogens with one attached hydrogen (secondary N) is 3. The van der Waals surface area contributed by atoms with E-state index in [0.29, 0.717) is 32.6 Å².